The Morgan fingerprint density at radius 1 is 1.25 bits per heavy atom. The number of thiophene rings is 1. The Hall–Kier alpha value is -1.50. The van der Waals surface area contributed by atoms with Crippen LogP contribution < -0.4 is 5.32 Å². The lowest BCUT2D eigenvalue weighted by Crippen LogP contribution is -2.27. The number of aromatic nitrogens is 1. The summed E-state index contributed by atoms with van der Waals surface area (Å²) in [6.07, 6.45) is 1.18. The summed E-state index contributed by atoms with van der Waals surface area (Å²) in [5.74, 6) is 0.0211. The number of nitrogens with one attached hydrogen (secondary N) is 1. The number of carbonyl (C=O) groups excluding carboxylic acids is 1. The number of thiazole rings is 1. The molecule has 3 rings (SSSR count). The first-order valence-electron chi connectivity index (χ1n) is 7.62. The Kier molecular flexibility index (Phi) is 5.81. The molecule has 24 heavy (non-hydrogen) atoms. The van der Waals surface area contributed by atoms with Crippen molar-refractivity contribution < 1.29 is 4.79 Å². The number of benzene rings is 1. The van der Waals surface area contributed by atoms with Gasteiger partial charge >= 0.3 is 0 Å². The largest absolute Gasteiger partial charge is 0.355 e. The molecule has 0 fully saturated rings. The van der Waals surface area contributed by atoms with Gasteiger partial charge in [0.1, 0.15) is 5.01 Å². The van der Waals surface area contributed by atoms with Gasteiger partial charge in [-0.05, 0) is 46.5 Å². The van der Waals surface area contributed by atoms with Crippen LogP contribution in [0.4, 0.5) is 0 Å². The fourth-order valence-corrected chi connectivity index (χ4v) is 4.71. The Labute approximate surface area is 157 Å². The van der Waals surface area contributed by atoms with Gasteiger partial charge < -0.3 is 5.32 Å². The molecule has 1 N–H and O–H groups in total. The highest BCUT2D eigenvalue weighted by Gasteiger charge is 2.10. The molecule has 0 saturated heterocycles. The molecule has 0 unspecified atom stereocenters. The zero-order valence-electron chi connectivity index (χ0n) is 13.2. The molecule has 1 amide bonds. The number of halogens is 1. The minimum Gasteiger partial charge on any atom is -0.355 e. The van der Waals surface area contributed by atoms with Gasteiger partial charge in [-0.2, -0.15) is 0 Å². The van der Waals surface area contributed by atoms with Gasteiger partial charge in [-0.25, -0.2) is 4.98 Å². The molecule has 0 aliphatic rings. The van der Waals surface area contributed by atoms with Gasteiger partial charge in [0, 0.05) is 21.8 Å². The minimum absolute atomic E-state index is 0.0211. The van der Waals surface area contributed by atoms with E-state index in [0.717, 1.165) is 26.5 Å². The number of aryl methyl sites for hydroxylation is 1. The summed E-state index contributed by atoms with van der Waals surface area (Å²) in [5.41, 5.74) is 3.36. The summed E-state index contributed by atoms with van der Waals surface area (Å²) in [6.45, 7) is 2.75. The molecular formula is C18H17BrN2OS2. The number of amides is 1. The fourth-order valence-electron chi connectivity index (χ4n) is 2.38. The van der Waals surface area contributed by atoms with Crippen LogP contribution in [0.2, 0.25) is 0 Å². The Balaban J connectivity index is 1.50. The second-order valence-electron chi connectivity index (χ2n) is 5.48. The Bertz CT molecular complexity index is 841. The average molecular weight is 421 g/mol. The van der Waals surface area contributed by atoms with E-state index in [4.69, 9.17) is 0 Å². The van der Waals surface area contributed by atoms with Crippen molar-refractivity contribution in [2.75, 3.05) is 6.54 Å². The second kappa shape index (κ2) is 8.05. The maximum absolute atomic E-state index is 12.1. The lowest BCUT2D eigenvalue weighted by Gasteiger charge is -2.06. The number of hydrogen-bond donors (Lipinski definition) is 1. The van der Waals surface area contributed by atoms with Gasteiger partial charge in [-0.1, -0.05) is 24.3 Å². The number of carbonyl (C=O) groups is 1. The van der Waals surface area contributed by atoms with Crippen LogP contribution in [-0.2, 0) is 17.6 Å². The van der Waals surface area contributed by atoms with Gasteiger partial charge in [0.05, 0.1) is 17.0 Å². The van der Waals surface area contributed by atoms with Crippen molar-refractivity contribution in [3.05, 3.63) is 62.4 Å². The van der Waals surface area contributed by atoms with Crippen molar-refractivity contribution >= 4 is 44.5 Å². The van der Waals surface area contributed by atoms with E-state index in [0.29, 0.717) is 13.0 Å². The molecule has 0 radical (unpaired) electrons. The van der Waals surface area contributed by atoms with Crippen LogP contribution in [0.15, 0.2) is 45.6 Å². The number of nitrogens with zero attached hydrogens (tertiary/aromatic N) is 1. The summed E-state index contributed by atoms with van der Waals surface area (Å²) in [4.78, 5) is 17.8. The SMILES string of the molecule is Cc1ccccc1CCNC(=O)Cc1csc(-c2cc(Br)cs2)n1. The van der Waals surface area contributed by atoms with Crippen molar-refractivity contribution in [1.82, 2.24) is 10.3 Å². The highest BCUT2D eigenvalue weighted by molar-refractivity contribution is 9.10. The molecule has 6 heteroatoms. The lowest BCUT2D eigenvalue weighted by atomic mass is 10.1. The summed E-state index contributed by atoms with van der Waals surface area (Å²) < 4.78 is 1.06. The molecule has 0 aliphatic carbocycles. The average Bonchev–Trinajstić information content (AvgIpc) is 3.18. The number of rotatable bonds is 6. The first kappa shape index (κ1) is 17.3. The van der Waals surface area contributed by atoms with E-state index >= 15 is 0 Å². The van der Waals surface area contributed by atoms with E-state index in [1.165, 1.54) is 11.1 Å². The zero-order valence-corrected chi connectivity index (χ0v) is 16.4. The summed E-state index contributed by atoms with van der Waals surface area (Å²) >= 11 is 6.68. The second-order valence-corrected chi connectivity index (χ2v) is 8.16. The van der Waals surface area contributed by atoms with Crippen LogP contribution in [0.5, 0.6) is 0 Å². The predicted octanol–water partition coefficient (Wildman–Crippen LogP) is 4.84. The van der Waals surface area contributed by atoms with Gasteiger partial charge in [-0.3, -0.25) is 4.79 Å². The van der Waals surface area contributed by atoms with Crippen molar-refractivity contribution in [2.24, 2.45) is 0 Å². The van der Waals surface area contributed by atoms with Crippen LogP contribution in [-0.4, -0.2) is 17.4 Å². The van der Waals surface area contributed by atoms with E-state index in [1.807, 2.05) is 22.9 Å². The van der Waals surface area contributed by atoms with Gasteiger partial charge in [0.25, 0.3) is 0 Å². The Morgan fingerprint density at radius 2 is 2.08 bits per heavy atom. The molecule has 2 heterocycles. The van der Waals surface area contributed by atoms with E-state index in [2.05, 4.69) is 51.4 Å². The third kappa shape index (κ3) is 4.53. The van der Waals surface area contributed by atoms with Gasteiger partial charge in [0.15, 0.2) is 0 Å². The molecular weight excluding hydrogens is 404 g/mol. The molecule has 2 aromatic heterocycles. The molecule has 1 aromatic carbocycles. The standard InChI is InChI=1S/C18H17BrN2OS2/c1-12-4-2-3-5-13(12)6-7-20-17(22)9-15-11-24-18(21-15)16-8-14(19)10-23-16/h2-5,8,10-11H,6-7,9H2,1H3,(H,20,22). The fraction of sp³-hybridized carbons (Fsp3) is 0.222. The molecule has 124 valence electrons. The maximum atomic E-state index is 12.1. The van der Waals surface area contributed by atoms with Crippen LogP contribution >= 0.6 is 38.6 Å². The summed E-state index contributed by atoms with van der Waals surface area (Å²) in [5, 5.41) is 7.95. The molecule has 0 spiro atoms. The van der Waals surface area contributed by atoms with E-state index in [9.17, 15) is 4.79 Å². The van der Waals surface area contributed by atoms with Crippen molar-refractivity contribution in [3.8, 4) is 9.88 Å². The quantitative estimate of drug-likeness (QED) is 0.619. The summed E-state index contributed by atoms with van der Waals surface area (Å²) in [7, 11) is 0. The molecule has 0 aliphatic heterocycles. The molecule has 0 bridgehead atoms. The zero-order chi connectivity index (χ0) is 16.9. The molecule has 3 aromatic rings. The normalized spacial score (nSPS) is 10.8. The topological polar surface area (TPSA) is 42.0 Å². The first-order chi connectivity index (χ1) is 11.6. The minimum atomic E-state index is 0.0211. The molecule has 3 nitrogen and oxygen atoms in total. The molecule has 0 saturated carbocycles. The van der Waals surface area contributed by atoms with Gasteiger partial charge in [-0.15, -0.1) is 22.7 Å². The third-order valence-electron chi connectivity index (χ3n) is 3.65. The first-order valence-corrected chi connectivity index (χ1v) is 10.2. The lowest BCUT2D eigenvalue weighted by molar-refractivity contribution is -0.120. The van der Waals surface area contributed by atoms with Crippen LogP contribution in [0, 0.1) is 6.92 Å². The van der Waals surface area contributed by atoms with Gasteiger partial charge in [0.2, 0.25) is 5.91 Å². The Morgan fingerprint density at radius 3 is 2.83 bits per heavy atom. The summed E-state index contributed by atoms with van der Waals surface area (Å²) in [6, 6.07) is 10.3. The maximum Gasteiger partial charge on any atom is 0.226 e. The van der Waals surface area contributed by atoms with Crippen LogP contribution in [0.25, 0.3) is 9.88 Å². The predicted molar refractivity (Wildman–Crippen MR) is 105 cm³/mol. The van der Waals surface area contributed by atoms with E-state index in [1.54, 1.807) is 22.7 Å². The van der Waals surface area contributed by atoms with Crippen molar-refractivity contribution in [2.45, 2.75) is 19.8 Å². The van der Waals surface area contributed by atoms with Crippen LogP contribution in [0.3, 0.4) is 0 Å². The highest BCUT2D eigenvalue weighted by atomic mass is 79.9. The van der Waals surface area contributed by atoms with Crippen LogP contribution in [0.1, 0.15) is 16.8 Å². The van der Waals surface area contributed by atoms with Crippen molar-refractivity contribution in [3.63, 3.8) is 0 Å². The smallest absolute Gasteiger partial charge is 0.226 e. The van der Waals surface area contributed by atoms with E-state index < -0.39 is 0 Å². The third-order valence-corrected chi connectivity index (χ3v) is 6.40. The number of hydrogen-bond acceptors (Lipinski definition) is 4. The monoisotopic (exact) mass is 420 g/mol. The van der Waals surface area contributed by atoms with Crippen molar-refractivity contribution in [1.29, 1.82) is 0 Å². The highest BCUT2D eigenvalue weighted by Crippen LogP contribution is 2.32. The molecule has 0 atom stereocenters. The van der Waals surface area contributed by atoms with E-state index in [-0.39, 0.29) is 5.91 Å².